The fourth-order valence-electron chi connectivity index (χ4n) is 1.14. The first kappa shape index (κ1) is 14.7. The molecule has 6 heteroatoms. The van der Waals surface area contributed by atoms with E-state index in [1.807, 2.05) is 0 Å². The Bertz CT molecular complexity index is 459. The molecule has 0 radical (unpaired) electrons. The summed E-state index contributed by atoms with van der Waals surface area (Å²) in [6, 6.07) is 3.51. The lowest BCUT2D eigenvalue weighted by molar-refractivity contribution is -0.139. The van der Waals surface area contributed by atoms with Crippen LogP contribution < -0.4 is 4.74 Å². The number of benzene rings is 1. The zero-order valence-corrected chi connectivity index (χ0v) is 9.91. The molecular formula is C12H9ClF4O. The van der Waals surface area contributed by atoms with E-state index in [1.54, 1.807) is 0 Å². The molecule has 0 atom stereocenters. The Labute approximate surface area is 107 Å². The third-order valence-electron chi connectivity index (χ3n) is 1.83. The summed E-state index contributed by atoms with van der Waals surface area (Å²) in [5.41, 5.74) is 0.303. The summed E-state index contributed by atoms with van der Waals surface area (Å²) in [7, 11) is 0. The van der Waals surface area contributed by atoms with E-state index in [1.165, 1.54) is 6.07 Å². The van der Waals surface area contributed by atoms with Gasteiger partial charge >= 0.3 is 6.18 Å². The van der Waals surface area contributed by atoms with Crippen molar-refractivity contribution in [3.8, 4) is 17.6 Å². The molecule has 0 saturated heterocycles. The van der Waals surface area contributed by atoms with Gasteiger partial charge in [-0.1, -0.05) is 11.8 Å². The lowest BCUT2D eigenvalue weighted by Gasteiger charge is -2.09. The van der Waals surface area contributed by atoms with Crippen molar-refractivity contribution >= 4 is 11.6 Å². The van der Waals surface area contributed by atoms with Gasteiger partial charge in [0, 0.05) is 11.6 Å². The fourth-order valence-corrected chi connectivity index (χ4v) is 1.21. The van der Waals surface area contributed by atoms with E-state index in [2.05, 4.69) is 11.8 Å². The predicted octanol–water partition coefficient (Wildman–Crippen LogP) is 3.75. The molecule has 1 nitrogen and oxygen atoms in total. The van der Waals surface area contributed by atoms with Crippen LogP contribution in [0.3, 0.4) is 0 Å². The number of hydrogen-bond acceptors (Lipinski definition) is 1. The van der Waals surface area contributed by atoms with Gasteiger partial charge in [0.2, 0.25) is 0 Å². The molecule has 0 bridgehead atoms. The number of ether oxygens (including phenoxy) is 1. The number of rotatable bonds is 3. The highest BCUT2D eigenvalue weighted by atomic mass is 35.5. The molecule has 0 fully saturated rings. The fraction of sp³-hybridized carbons (Fsp3) is 0.333. The van der Waals surface area contributed by atoms with Gasteiger partial charge in [-0.15, -0.1) is 11.6 Å². The summed E-state index contributed by atoms with van der Waals surface area (Å²) in [6.45, 7) is -0.560. The molecule has 0 aliphatic rings. The van der Waals surface area contributed by atoms with Crippen molar-refractivity contribution in [1.82, 2.24) is 0 Å². The van der Waals surface area contributed by atoms with Gasteiger partial charge in [-0.2, -0.15) is 13.2 Å². The van der Waals surface area contributed by atoms with E-state index < -0.39 is 25.0 Å². The van der Waals surface area contributed by atoms with Gasteiger partial charge < -0.3 is 4.74 Å². The Morgan fingerprint density at radius 1 is 1.22 bits per heavy atom. The Morgan fingerprint density at radius 2 is 1.94 bits per heavy atom. The Kier molecular flexibility index (Phi) is 5.29. The maximum absolute atomic E-state index is 13.1. The summed E-state index contributed by atoms with van der Waals surface area (Å²) in [5.74, 6) is 4.54. The van der Waals surface area contributed by atoms with Crippen molar-refractivity contribution < 1.29 is 22.3 Å². The summed E-state index contributed by atoms with van der Waals surface area (Å²) >= 11 is 5.34. The van der Waals surface area contributed by atoms with Crippen LogP contribution in [0.2, 0.25) is 0 Å². The molecule has 0 spiro atoms. The van der Waals surface area contributed by atoms with Crippen molar-refractivity contribution in [2.24, 2.45) is 0 Å². The van der Waals surface area contributed by atoms with E-state index in [0.717, 1.165) is 12.1 Å². The zero-order valence-electron chi connectivity index (χ0n) is 9.15. The maximum Gasteiger partial charge on any atom is 0.392 e. The van der Waals surface area contributed by atoms with Gasteiger partial charge in [0.25, 0.3) is 0 Å². The lowest BCUT2D eigenvalue weighted by atomic mass is 10.2. The molecule has 1 aromatic rings. The lowest BCUT2D eigenvalue weighted by Crippen LogP contribution is -2.13. The van der Waals surface area contributed by atoms with Crippen LogP contribution in [0.15, 0.2) is 18.2 Å². The Hall–Kier alpha value is -1.41. The first-order chi connectivity index (χ1) is 8.40. The highest BCUT2D eigenvalue weighted by Crippen LogP contribution is 2.21. The quantitative estimate of drug-likeness (QED) is 0.465. The SMILES string of the molecule is Fc1cc(C#CCCl)cc(OCCC(F)(F)F)c1. The van der Waals surface area contributed by atoms with Gasteiger partial charge in [-0.05, 0) is 12.1 Å². The van der Waals surface area contributed by atoms with Crippen LogP contribution in [-0.4, -0.2) is 18.7 Å². The second-order valence-corrected chi connectivity index (χ2v) is 3.59. The summed E-state index contributed by atoms with van der Waals surface area (Å²) in [5, 5.41) is 0. The molecule has 1 rings (SSSR count). The highest BCUT2D eigenvalue weighted by molar-refractivity contribution is 6.19. The normalized spacial score (nSPS) is 10.7. The second kappa shape index (κ2) is 6.50. The molecule has 1 aromatic carbocycles. The van der Waals surface area contributed by atoms with Gasteiger partial charge in [0.15, 0.2) is 0 Å². The van der Waals surface area contributed by atoms with Crippen LogP contribution in [0.4, 0.5) is 17.6 Å². The van der Waals surface area contributed by atoms with E-state index in [4.69, 9.17) is 16.3 Å². The number of halogens is 5. The molecule has 0 aliphatic heterocycles. The van der Waals surface area contributed by atoms with E-state index in [-0.39, 0.29) is 11.6 Å². The smallest absolute Gasteiger partial charge is 0.392 e. The maximum atomic E-state index is 13.1. The molecule has 98 valence electrons. The molecule has 0 heterocycles. The molecular weight excluding hydrogens is 272 g/mol. The molecule has 0 aliphatic carbocycles. The van der Waals surface area contributed by atoms with Gasteiger partial charge in [-0.3, -0.25) is 0 Å². The molecule has 0 saturated carbocycles. The molecule has 0 N–H and O–H groups in total. The number of hydrogen-bond donors (Lipinski definition) is 0. The summed E-state index contributed by atoms with van der Waals surface area (Å²) in [6.07, 6.45) is -5.39. The Balaban J connectivity index is 2.68. The van der Waals surface area contributed by atoms with Crippen molar-refractivity contribution in [2.45, 2.75) is 12.6 Å². The monoisotopic (exact) mass is 280 g/mol. The first-order valence-corrected chi connectivity index (χ1v) is 5.49. The van der Waals surface area contributed by atoms with Crippen molar-refractivity contribution in [3.05, 3.63) is 29.6 Å². The van der Waals surface area contributed by atoms with Gasteiger partial charge in [-0.25, -0.2) is 4.39 Å². The summed E-state index contributed by atoms with van der Waals surface area (Å²) < 4.78 is 53.6. The van der Waals surface area contributed by atoms with E-state index in [0.29, 0.717) is 5.56 Å². The molecule has 18 heavy (non-hydrogen) atoms. The summed E-state index contributed by atoms with van der Waals surface area (Å²) in [4.78, 5) is 0. The van der Waals surface area contributed by atoms with Gasteiger partial charge in [0.05, 0.1) is 18.9 Å². The average molecular weight is 281 g/mol. The van der Waals surface area contributed by atoms with Crippen LogP contribution in [0.25, 0.3) is 0 Å². The standard InChI is InChI=1S/C12H9ClF4O/c13-4-1-2-9-6-10(14)8-11(7-9)18-5-3-12(15,16)17/h6-8H,3-5H2. The topological polar surface area (TPSA) is 9.23 Å². The van der Waals surface area contributed by atoms with Crippen LogP contribution in [0.5, 0.6) is 5.75 Å². The Morgan fingerprint density at radius 3 is 2.56 bits per heavy atom. The minimum Gasteiger partial charge on any atom is -0.493 e. The van der Waals surface area contributed by atoms with Crippen LogP contribution >= 0.6 is 11.6 Å². The van der Waals surface area contributed by atoms with Crippen molar-refractivity contribution in [2.75, 3.05) is 12.5 Å². The zero-order chi connectivity index (χ0) is 13.6. The first-order valence-electron chi connectivity index (χ1n) is 4.96. The third kappa shape index (κ3) is 5.78. The average Bonchev–Trinajstić information content (AvgIpc) is 2.24. The molecule has 0 amide bonds. The van der Waals surface area contributed by atoms with Crippen LogP contribution in [0.1, 0.15) is 12.0 Å². The second-order valence-electron chi connectivity index (χ2n) is 3.32. The van der Waals surface area contributed by atoms with Crippen molar-refractivity contribution in [3.63, 3.8) is 0 Å². The van der Waals surface area contributed by atoms with Crippen LogP contribution in [-0.2, 0) is 0 Å². The van der Waals surface area contributed by atoms with Gasteiger partial charge in [0.1, 0.15) is 11.6 Å². The highest BCUT2D eigenvalue weighted by Gasteiger charge is 2.26. The third-order valence-corrected chi connectivity index (χ3v) is 1.96. The predicted molar refractivity (Wildman–Crippen MR) is 60.2 cm³/mol. The minimum atomic E-state index is -4.30. The minimum absolute atomic E-state index is 0.0122. The van der Waals surface area contributed by atoms with Crippen molar-refractivity contribution in [1.29, 1.82) is 0 Å². The van der Waals surface area contributed by atoms with E-state index >= 15 is 0 Å². The molecule has 0 aromatic heterocycles. The number of alkyl halides is 4. The molecule has 0 unspecified atom stereocenters. The van der Waals surface area contributed by atoms with E-state index in [9.17, 15) is 17.6 Å². The van der Waals surface area contributed by atoms with Crippen LogP contribution in [0, 0.1) is 17.7 Å². The largest absolute Gasteiger partial charge is 0.493 e.